The molecule has 0 aromatic heterocycles. The van der Waals surface area contributed by atoms with Crippen LogP contribution in [0.25, 0.3) is 0 Å². The number of para-hydroxylation sites is 1. The van der Waals surface area contributed by atoms with Crippen molar-refractivity contribution in [3.63, 3.8) is 0 Å². The monoisotopic (exact) mass is 241 g/mol. The van der Waals surface area contributed by atoms with Crippen molar-refractivity contribution >= 4 is 17.4 Å². The smallest absolute Gasteiger partial charge is 0.0550 e. The van der Waals surface area contributed by atoms with E-state index < -0.39 is 0 Å². The minimum absolute atomic E-state index is 0.487. The Morgan fingerprint density at radius 1 is 1.18 bits per heavy atom. The normalized spacial score (nSPS) is 22.2. The highest BCUT2D eigenvalue weighted by atomic mass is 32.2. The van der Waals surface area contributed by atoms with Crippen LogP contribution >= 0.6 is 11.8 Å². The third-order valence-electron chi connectivity index (χ3n) is 3.24. The van der Waals surface area contributed by atoms with E-state index in [4.69, 9.17) is 0 Å². The molecule has 3 rings (SSSR count). The Hall–Kier alpha value is -1.41. The number of fused-ring (bicyclic) bond motifs is 1. The summed E-state index contributed by atoms with van der Waals surface area (Å²) in [5, 5.41) is 0. The van der Waals surface area contributed by atoms with Crippen LogP contribution in [0.1, 0.15) is 6.92 Å². The minimum atomic E-state index is 0.487. The van der Waals surface area contributed by atoms with E-state index in [1.807, 2.05) is 11.8 Å². The summed E-state index contributed by atoms with van der Waals surface area (Å²) >= 11 is 1.90. The first-order valence-corrected chi connectivity index (χ1v) is 6.68. The molecule has 1 nitrogen and oxygen atoms in total. The maximum Gasteiger partial charge on any atom is 0.0550 e. The lowest BCUT2D eigenvalue weighted by molar-refractivity contribution is 0.895. The lowest BCUT2D eigenvalue weighted by Gasteiger charge is -2.31. The quantitative estimate of drug-likeness (QED) is 0.669. The Kier molecular flexibility index (Phi) is 2.60. The number of allylic oxidation sites excluding steroid dienone is 5. The topological polar surface area (TPSA) is 3.24 Å². The van der Waals surface area contributed by atoms with Gasteiger partial charge < -0.3 is 4.90 Å². The number of benzene rings is 1. The van der Waals surface area contributed by atoms with Gasteiger partial charge in [-0.05, 0) is 18.2 Å². The van der Waals surface area contributed by atoms with Gasteiger partial charge in [0.15, 0.2) is 0 Å². The molecule has 0 bridgehead atoms. The SMILES string of the molecule is C[C@H]1C=CC=CC2=C1Sc1ccccc1N2C. The first-order chi connectivity index (χ1) is 8.27. The fourth-order valence-corrected chi connectivity index (χ4v) is 3.54. The van der Waals surface area contributed by atoms with Crippen molar-refractivity contribution in [3.05, 3.63) is 59.2 Å². The van der Waals surface area contributed by atoms with Crippen LogP contribution < -0.4 is 4.90 Å². The first kappa shape index (κ1) is 10.7. The average molecular weight is 241 g/mol. The molecular formula is C15H15NS. The van der Waals surface area contributed by atoms with Gasteiger partial charge in [-0.25, -0.2) is 0 Å². The van der Waals surface area contributed by atoms with Crippen molar-refractivity contribution in [2.75, 3.05) is 11.9 Å². The lowest BCUT2D eigenvalue weighted by Crippen LogP contribution is -2.21. The van der Waals surface area contributed by atoms with Crippen LogP contribution in [0.4, 0.5) is 5.69 Å². The van der Waals surface area contributed by atoms with Crippen LogP contribution in [-0.4, -0.2) is 7.05 Å². The highest BCUT2D eigenvalue weighted by Crippen LogP contribution is 2.46. The molecule has 2 aliphatic rings. The Labute approximate surface area is 107 Å². The van der Waals surface area contributed by atoms with E-state index in [0.29, 0.717) is 5.92 Å². The molecule has 17 heavy (non-hydrogen) atoms. The summed E-state index contributed by atoms with van der Waals surface area (Å²) in [6.45, 7) is 2.26. The van der Waals surface area contributed by atoms with Gasteiger partial charge >= 0.3 is 0 Å². The predicted molar refractivity (Wildman–Crippen MR) is 75.2 cm³/mol. The van der Waals surface area contributed by atoms with Gasteiger partial charge in [0, 0.05) is 22.8 Å². The Morgan fingerprint density at radius 2 is 2.00 bits per heavy atom. The van der Waals surface area contributed by atoms with Crippen molar-refractivity contribution in [2.45, 2.75) is 11.8 Å². The number of nitrogens with zero attached hydrogens (tertiary/aromatic N) is 1. The third kappa shape index (κ3) is 1.73. The summed E-state index contributed by atoms with van der Waals surface area (Å²) in [4.78, 5) is 5.08. The molecule has 2 heteroatoms. The van der Waals surface area contributed by atoms with Gasteiger partial charge in [0.25, 0.3) is 0 Å². The van der Waals surface area contributed by atoms with E-state index in [-0.39, 0.29) is 0 Å². The third-order valence-corrected chi connectivity index (χ3v) is 4.60. The largest absolute Gasteiger partial charge is 0.343 e. The molecule has 1 aromatic carbocycles. The highest BCUT2D eigenvalue weighted by molar-refractivity contribution is 8.03. The molecule has 1 aliphatic carbocycles. The van der Waals surface area contributed by atoms with Crippen LogP contribution in [-0.2, 0) is 0 Å². The zero-order chi connectivity index (χ0) is 11.8. The Morgan fingerprint density at radius 3 is 2.88 bits per heavy atom. The zero-order valence-corrected chi connectivity index (χ0v) is 10.9. The lowest BCUT2D eigenvalue weighted by atomic mass is 10.1. The van der Waals surface area contributed by atoms with Crippen LogP contribution in [0.15, 0.2) is 64.1 Å². The number of rotatable bonds is 0. The number of anilines is 1. The van der Waals surface area contributed by atoms with Crippen LogP contribution in [0.3, 0.4) is 0 Å². The summed E-state index contributed by atoms with van der Waals surface area (Å²) < 4.78 is 0. The van der Waals surface area contributed by atoms with Gasteiger partial charge in [0.1, 0.15) is 0 Å². The van der Waals surface area contributed by atoms with Crippen molar-refractivity contribution in [1.29, 1.82) is 0 Å². The highest BCUT2D eigenvalue weighted by Gasteiger charge is 2.24. The average Bonchev–Trinajstić information content (AvgIpc) is 2.53. The van der Waals surface area contributed by atoms with E-state index in [1.165, 1.54) is 21.2 Å². The minimum Gasteiger partial charge on any atom is -0.343 e. The van der Waals surface area contributed by atoms with E-state index in [9.17, 15) is 0 Å². The van der Waals surface area contributed by atoms with Gasteiger partial charge in [-0.2, -0.15) is 0 Å². The van der Waals surface area contributed by atoms with E-state index in [1.54, 1.807) is 0 Å². The summed E-state index contributed by atoms with van der Waals surface area (Å²) in [5.41, 5.74) is 2.63. The van der Waals surface area contributed by atoms with E-state index in [0.717, 1.165) is 0 Å². The number of likely N-dealkylation sites (N-methyl/N-ethyl adjacent to an activating group) is 1. The van der Waals surface area contributed by atoms with Gasteiger partial charge in [-0.15, -0.1) is 0 Å². The fourth-order valence-electron chi connectivity index (χ4n) is 2.27. The van der Waals surface area contributed by atoms with Gasteiger partial charge in [-0.3, -0.25) is 0 Å². The molecule has 0 unspecified atom stereocenters. The molecule has 0 amide bonds. The maximum absolute atomic E-state index is 2.29. The molecule has 1 atom stereocenters. The number of hydrogen-bond donors (Lipinski definition) is 0. The van der Waals surface area contributed by atoms with Gasteiger partial charge in [0.2, 0.25) is 0 Å². The summed E-state index contributed by atoms with van der Waals surface area (Å²) in [6, 6.07) is 8.59. The molecule has 0 fully saturated rings. The maximum atomic E-state index is 2.29. The first-order valence-electron chi connectivity index (χ1n) is 5.87. The van der Waals surface area contributed by atoms with E-state index in [2.05, 4.69) is 67.4 Å². The molecule has 0 saturated carbocycles. The predicted octanol–water partition coefficient (Wildman–Crippen LogP) is 4.20. The van der Waals surface area contributed by atoms with Crippen LogP contribution in [0, 0.1) is 5.92 Å². The zero-order valence-electron chi connectivity index (χ0n) is 10.1. The molecule has 1 aromatic rings. The summed E-state index contributed by atoms with van der Waals surface area (Å²) in [7, 11) is 2.15. The fraction of sp³-hybridized carbons (Fsp3) is 0.200. The van der Waals surface area contributed by atoms with Crippen molar-refractivity contribution in [3.8, 4) is 0 Å². The molecular weight excluding hydrogens is 226 g/mol. The second-order valence-corrected chi connectivity index (χ2v) is 5.49. The van der Waals surface area contributed by atoms with Crippen molar-refractivity contribution in [1.82, 2.24) is 0 Å². The second-order valence-electron chi connectivity index (χ2n) is 4.41. The second kappa shape index (κ2) is 4.11. The molecule has 0 spiro atoms. The Balaban J connectivity index is 2.13. The van der Waals surface area contributed by atoms with Crippen molar-refractivity contribution in [2.24, 2.45) is 5.92 Å². The number of thioether (sulfide) groups is 1. The Bertz CT molecular complexity index is 540. The van der Waals surface area contributed by atoms with Crippen LogP contribution in [0.2, 0.25) is 0 Å². The molecule has 1 aliphatic heterocycles. The summed E-state index contributed by atoms with van der Waals surface area (Å²) in [5.74, 6) is 0.487. The molecule has 0 saturated heterocycles. The molecule has 1 heterocycles. The molecule has 0 N–H and O–H groups in total. The van der Waals surface area contributed by atoms with Gasteiger partial charge in [0.05, 0.1) is 11.4 Å². The standard InChI is InChI=1S/C15H15NS/c1-11-7-3-4-9-13-15(11)17-14-10-6-5-8-12(14)16(13)2/h3-11H,1-2H3/t11-/m0/s1. The van der Waals surface area contributed by atoms with E-state index >= 15 is 0 Å². The van der Waals surface area contributed by atoms with Crippen molar-refractivity contribution < 1.29 is 0 Å². The summed E-state index contributed by atoms with van der Waals surface area (Å²) in [6.07, 6.45) is 8.73. The molecule has 86 valence electrons. The molecule has 0 radical (unpaired) electrons. The van der Waals surface area contributed by atoms with Gasteiger partial charge in [-0.1, -0.05) is 49.0 Å². The number of hydrogen-bond acceptors (Lipinski definition) is 2. The van der Waals surface area contributed by atoms with Crippen LogP contribution in [0.5, 0.6) is 0 Å².